The van der Waals surface area contributed by atoms with E-state index in [1.54, 1.807) is 13.0 Å². The molecule has 3 N–H and O–H groups in total. The quantitative estimate of drug-likeness (QED) is 0.508. The van der Waals surface area contributed by atoms with Crippen LogP contribution in [0.3, 0.4) is 0 Å². The van der Waals surface area contributed by atoms with Crippen LogP contribution < -0.4 is 0 Å². The molecule has 1 aliphatic heterocycles. The SMILES string of the molecule is COC1=CC(=O)c2c(O)c3c(c(O)c2C1=O)CC1(C)OC(C=C(C)C)OC1C3O. The zero-order valence-electron chi connectivity index (χ0n) is 16.5. The van der Waals surface area contributed by atoms with Gasteiger partial charge in [-0.1, -0.05) is 5.57 Å². The van der Waals surface area contributed by atoms with Crippen LogP contribution >= 0.6 is 0 Å². The smallest absolute Gasteiger partial charge is 0.232 e. The number of phenols is 2. The minimum absolute atomic E-state index is 0.0272. The molecule has 4 atom stereocenters. The van der Waals surface area contributed by atoms with E-state index in [2.05, 4.69) is 0 Å². The molecule has 4 rings (SSSR count). The van der Waals surface area contributed by atoms with E-state index in [1.807, 2.05) is 13.8 Å². The van der Waals surface area contributed by atoms with Gasteiger partial charge in [0.2, 0.25) is 5.78 Å². The molecule has 0 aromatic heterocycles. The molecule has 2 aliphatic carbocycles. The van der Waals surface area contributed by atoms with Gasteiger partial charge in [-0.25, -0.2) is 0 Å². The van der Waals surface area contributed by atoms with Crippen LogP contribution in [-0.2, 0) is 20.6 Å². The molecule has 3 aliphatic rings. The van der Waals surface area contributed by atoms with Crippen LogP contribution in [0.15, 0.2) is 23.5 Å². The average molecular weight is 402 g/mol. The van der Waals surface area contributed by atoms with Gasteiger partial charge in [0, 0.05) is 23.6 Å². The second-order valence-corrected chi connectivity index (χ2v) is 7.97. The Morgan fingerprint density at radius 3 is 2.55 bits per heavy atom. The maximum Gasteiger partial charge on any atom is 0.232 e. The van der Waals surface area contributed by atoms with Crippen LogP contribution in [0.1, 0.15) is 58.7 Å². The number of aliphatic hydroxyl groups excluding tert-OH is 1. The number of benzene rings is 1. The molecule has 8 nitrogen and oxygen atoms in total. The van der Waals surface area contributed by atoms with E-state index < -0.39 is 47.2 Å². The zero-order chi connectivity index (χ0) is 21.2. The third-order valence-electron chi connectivity index (χ3n) is 5.62. The lowest BCUT2D eigenvalue weighted by molar-refractivity contribution is -0.0540. The molecular weight excluding hydrogens is 380 g/mol. The van der Waals surface area contributed by atoms with Crippen LogP contribution in [0.5, 0.6) is 11.5 Å². The number of phenolic OH excluding ortho intramolecular Hbond substituents is 2. The van der Waals surface area contributed by atoms with Crippen LogP contribution in [0.2, 0.25) is 0 Å². The van der Waals surface area contributed by atoms with Crippen LogP contribution in [-0.4, -0.2) is 52.0 Å². The van der Waals surface area contributed by atoms with Crippen LogP contribution in [0.4, 0.5) is 0 Å². The number of hydrogen-bond acceptors (Lipinski definition) is 8. The van der Waals surface area contributed by atoms with E-state index in [-0.39, 0.29) is 34.4 Å². The summed E-state index contributed by atoms with van der Waals surface area (Å²) in [5.41, 5.74) is -0.620. The largest absolute Gasteiger partial charge is 0.507 e. The zero-order valence-corrected chi connectivity index (χ0v) is 16.5. The Balaban J connectivity index is 1.89. The molecule has 8 heteroatoms. The highest BCUT2D eigenvalue weighted by Gasteiger charge is 2.55. The van der Waals surface area contributed by atoms with Gasteiger partial charge in [0.1, 0.15) is 29.3 Å². The Hall–Kier alpha value is -2.68. The second kappa shape index (κ2) is 6.41. The molecule has 0 saturated carbocycles. The van der Waals surface area contributed by atoms with Gasteiger partial charge in [0.25, 0.3) is 0 Å². The molecule has 154 valence electrons. The molecular formula is C21H22O8. The number of aromatic hydroxyl groups is 2. The van der Waals surface area contributed by atoms with Crippen molar-refractivity contribution < 1.29 is 39.1 Å². The van der Waals surface area contributed by atoms with Gasteiger partial charge in [-0.15, -0.1) is 0 Å². The summed E-state index contributed by atoms with van der Waals surface area (Å²) < 4.78 is 16.8. The first-order valence-electron chi connectivity index (χ1n) is 9.20. The minimum Gasteiger partial charge on any atom is -0.507 e. The topological polar surface area (TPSA) is 123 Å². The highest BCUT2D eigenvalue weighted by molar-refractivity contribution is 6.26. The summed E-state index contributed by atoms with van der Waals surface area (Å²) in [5.74, 6) is -2.66. The fourth-order valence-corrected chi connectivity index (χ4v) is 4.33. The van der Waals surface area contributed by atoms with E-state index >= 15 is 0 Å². The van der Waals surface area contributed by atoms with E-state index in [1.165, 1.54) is 7.11 Å². The predicted octanol–water partition coefficient (Wildman–Crippen LogP) is 2.06. The number of aliphatic hydroxyl groups is 1. The lowest BCUT2D eigenvalue weighted by atomic mass is 9.74. The van der Waals surface area contributed by atoms with Gasteiger partial charge >= 0.3 is 0 Å². The van der Waals surface area contributed by atoms with Crippen molar-refractivity contribution in [3.8, 4) is 11.5 Å². The number of rotatable bonds is 2. The summed E-state index contributed by atoms with van der Waals surface area (Å²) in [6, 6.07) is 0. The lowest BCUT2D eigenvalue weighted by Crippen LogP contribution is -2.46. The number of allylic oxidation sites excluding steroid dienone is 3. The molecule has 0 bridgehead atoms. The number of carbonyl (C=O) groups is 2. The number of Topliss-reactive ketones (excluding diaryl/α,β-unsaturated/α-hetero) is 1. The summed E-state index contributed by atoms with van der Waals surface area (Å²) in [4.78, 5) is 25.2. The molecule has 29 heavy (non-hydrogen) atoms. The highest BCUT2D eigenvalue weighted by atomic mass is 16.7. The van der Waals surface area contributed by atoms with Gasteiger partial charge in [0.05, 0.1) is 18.2 Å². The first-order chi connectivity index (χ1) is 13.6. The molecule has 0 radical (unpaired) electrons. The summed E-state index contributed by atoms with van der Waals surface area (Å²) in [7, 11) is 1.24. The maximum absolute atomic E-state index is 12.7. The number of fused-ring (bicyclic) bond motifs is 3. The fraction of sp³-hybridized carbons (Fsp3) is 0.429. The normalized spacial score (nSPS) is 30.2. The molecule has 4 unspecified atom stereocenters. The molecule has 1 aromatic carbocycles. The summed E-state index contributed by atoms with van der Waals surface area (Å²) in [6.07, 6.45) is -0.131. The van der Waals surface area contributed by atoms with Gasteiger partial charge in [0.15, 0.2) is 17.8 Å². The molecule has 1 fully saturated rings. The number of ether oxygens (including phenoxy) is 3. The van der Waals surface area contributed by atoms with Crippen molar-refractivity contribution in [3.05, 3.63) is 45.7 Å². The first-order valence-corrected chi connectivity index (χ1v) is 9.20. The van der Waals surface area contributed by atoms with Gasteiger partial charge in [-0.3, -0.25) is 9.59 Å². The number of methoxy groups -OCH3 is 1. The Labute approximate surface area is 167 Å². The number of ketones is 2. The molecule has 1 heterocycles. The monoisotopic (exact) mass is 402 g/mol. The van der Waals surface area contributed by atoms with Crippen molar-refractivity contribution in [2.24, 2.45) is 0 Å². The molecule has 1 aromatic rings. The van der Waals surface area contributed by atoms with Crippen molar-refractivity contribution in [1.82, 2.24) is 0 Å². The van der Waals surface area contributed by atoms with E-state index in [0.29, 0.717) is 0 Å². The summed E-state index contributed by atoms with van der Waals surface area (Å²) in [6.45, 7) is 5.49. The van der Waals surface area contributed by atoms with Gasteiger partial charge in [-0.05, 0) is 26.8 Å². The van der Waals surface area contributed by atoms with E-state index in [0.717, 1.165) is 11.6 Å². The predicted molar refractivity (Wildman–Crippen MR) is 99.8 cm³/mol. The third kappa shape index (κ3) is 2.71. The minimum atomic E-state index is -1.37. The standard InChI is InChI=1S/C21H22O8/c1-8(2)5-12-28-20-19(26)13-9(7-21(20,3)29-12)16(23)15-14(18(13)25)10(22)6-11(27-4)17(15)24/h5-6,12,19-20,23,25-26H,7H2,1-4H3. The average Bonchev–Trinajstić information content (AvgIpc) is 2.96. The lowest BCUT2D eigenvalue weighted by Gasteiger charge is -2.39. The van der Waals surface area contributed by atoms with Crippen molar-refractivity contribution in [2.75, 3.05) is 7.11 Å². The van der Waals surface area contributed by atoms with Gasteiger partial charge in [-0.2, -0.15) is 0 Å². The van der Waals surface area contributed by atoms with Crippen molar-refractivity contribution in [3.63, 3.8) is 0 Å². The van der Waals surface area contributed by atoms with E-state index in [9.17, 15) is 24.9 Å². The number of hydrogen-bond donors (Lipinski definition) is 3. The van der Waals surface area contributed by atoms with Crippen LogP contribution in [0.25, 0.3) is 0 Å². The Bertz CT molecular complexity index is 1000. The van der Waals surface area contributed by atoms with Crippen LogP contribution in [0, 0.1) is 0 Å². The first kappa shape index (κ1) is 19.6. The third-order valence-corrected chi connectivity index (χ3v) is 5.62. The maximum atomic E-state index is 12.7. The number of carbonyl (C=O) groups excluding carboxylic acids is 2. The molecule has 0 amide bonds. The van der Waals surface area contributed by atoms with Crippen molar-refractivity contribution in [2.45, 2.75) is 51.3 Å². The Kier molecular flexibility index (Phi) is 4.34. The summed E-state index contributed by atoms with van der Waals surface area (Å²) in [5, 5.41) is 32.7. The summed E-state index contributed by atoms with van der Waals surface area (Å²) >= 11 is 0. The highest BCUT2D eigenvalue weighted by Crippen LogP contribution is 2.53. The molecule has 1 saturated heterocycles. The Morgan fingerprint density at radius 2 is 1.93 bits per heavy atom. The van der Waals surface area contributed by atoms with Crippen molar-refractivity contribution >= 4 is 11.6 Å². The second-order valence-electron chi connectivity index (χ2n) is 7.97. The van der Waals surface area contributed by atoms with Crippen molar-refractivity contribution in [1.29, 1.82) is 0 Å². The van der Waals surface area contributed by atoms with E-state index in [4.69, 9.17) is 14.2 Å². The molecule has 0 spiro atoms. The Morgan fingerprint density at radius 1 is 1.24 bits per heavy atom. The van der Waals surface area contributed by atoms with Gasteiger partial charge < -0.3 is 29.5 Å². The fourth-order valence-electron chi connectivity index (χ4n) is 4.33.